The number of carbonyl (C=O) groups is 1. The zero-order valence-corrected chi connectivity index (χ0v) is 10.8. The van der Waals surface area contributed by atoms with Gasteiger partial charge in [-0.3, -0.25) is 4.79 Å². The molecule has 0 aliphatic carbocycles. The second-order valence-corrected chi connectivity index (χ2v) is 5.20. The lowest BCUT2D eigenvalue weighted by Gasteiger charge is -2.22. The highest BCUT2D eigenvalue weighted by atomic mass is 16.7. The summed E-state index contributed by atoms with van der Waals surface area (Å²) in [5, 5.41) is 0. The number of rotatable bonds is 4. The van der Waals surface area contributed by atoms with E-state index in [4.69, 9.17) is 14.2 Å². The van der Waals surface area contributed by atoms with Gasteiger partial charge in [-0.05, 0) is 27.2 Å². The van der Waals surface area contributed by atoms with E-state index in [2.05, 4.69) is 0 Å². The monoisotopic (exact) mass is 243 g/mol. The highest BCUT2D eigenvalue weighted by Crippen LogP contribution is 2.23. The van der Waals surface area contributed by atoms with Gasteiger partial charge in [-0.2, -0.15) is 0 Å². The second-order valence-electron chi connectivity index (χ2n) is 5.20. The Morgan fingerprint density at radius 1 is 1.53 bits per heavy atom. The van der Waals surface area contributed by atoms with Gasteiger partial charge in [0.15, 0.2) is 5.79 Å². The van der Waals surface area contributed by atoms with Crippen molar-refractivity contribution < 1.29 is 19.0 Å². The molecule has 0 spiro atoms. The Kier molecular flexibility index (Phi) is 3.70. The zero-order valence-electron chi connectivity index (χ0n) is 10.8. The quantitative estimate of drug-likeness (QED) is 0.742. The first-order chi connectivity index (χ1) is 7.98. The van der Waals surface area contributed by atoms with Crippen LogP contribution < -0.4 is 0 Å². The van der Waals surface area contributed by atoms with Gasteiger partial charge in [0, 0.05) is 12.5 Å². The zero-order chi connectivity index (χ0) is 12.5. The molecule has 2 saturated heterocycles. The van der Waals surface area contributed by atoms with Crippen LogP contribution >= 0.6 is 0 Å². The molecule has 2 aliphatic heterocycles. The summed E-state index contributed by atoms with van der Waals surface area (Å²) in [6, 6.07) is 0.291. The maximum Gasteiger partial charge on any atom is 0.224 e. The van der Waals surface area contributed by atoms with Gasteiger partial charge >= 0.3 is 0 Å². The third-order valence-electron chi connectivity index (χ3n) is 3.23. The maximum absolute atomic E-state index is 11.5. The van der Waals surface area contributed by atoms with E-state index in [0.717, 1.165) is 6.42 Å². The van der Waals surface area contributed by atoms with E-state index in [-0.39, 0.29) is 12.0 Å². The van der Waals surface area contributed by atoms with Crippen molar-refractivity contribution >= 4 is 5.91 Å². The third kappa shape index (κ3) is 3.18. The average Bonchev–Trinajstić information content (AvgIpc) is 2.74. The maximum atomic E-state index is 11.5. The predicted molar refractivity (Wildman–Crippen MR) is 61.3 cm³/mol. The van der Waals surface area contributed by atoms with Crippen molar-refractivity contribution in [1.29, 1.82) is 0 Å². The van der Waals surface area contributed by atoms with Crippen LogP contribution in [0.1, 0.15) is 33.6 Å². The Morgan fingerprint density at radius 3 is 2.82 bits per heavy atom. The number of amides is 1. The molecule has 0 aromatic heterocycles. The van der Waals surface area contributed by atoms with E-state index in [0.29, 0.717) is 32.4 Å². The van der Waals surface area contributed by atoms with Crippen molar-refractivity contribution in [2.24, 2.45) is 0 Å². The molecule has 1 unspecified atom stereocenters. The van der Waals surface area contributed by atoms with Crippen molar-refractivity contribution in [3.05, 3.63) is 0 Å². The number of hydrogen-bond donors (Lipinski definition) is 0. The molecule has 0 N–H and O–H groups in total. The largest absolute Gasteiger partial charge is 0.358 e. The summed E-state index contributed by atoms with van der Waals surface area (Å²) in [6.45, 7) is 7.21. The van der Waals surface area contributed by atoms with E-state index in [9.17, 15) is 4.79 Å². The lowest BCUT2D eigenvalue weighted by atomic mass is 10.2. The SMILES string of the molecule is C[C@@H]1CCC(=O)N1COCC1COC(C)(C)O1. The summed E-state index contributed by atoms with van der Waals surface area (Å²) in [5.74, 6) is -0.327. The van der Waals surface area contributed by atoms with Gasteiger partial charge in [-0.1, -0.05) is 0 Å². The average molecular weight is 243 g/mol. The van der Waals surface area contributed by atoms with Crippen molar-refractivity contribution in [3.63, 3.8) is 0 Å². The van der Waals surface area contributed by atoms with Gasteiger partial charge in [0.25, 0.3) is 0 Å². The van der Waals surface area contributed by atoms with Gasteiger partial charge in [0.2, 0.25) is 5.91 Å². The van der Waals surface area contributed by atoms with Crippen LogP contribution in [0.3, 0.4) is 0 Å². The molecule has 5 nitrogen and oxygen atoms in total. The molecular formula is C12H21NO4. The summed E-state index contributed by atoms with van der Waals surface area (Å²) < 4.78 is 16.6. The Balaban J connectivity index is 1.68. The van der Waals surface area contributed by atoms with Gasteiger partial charge in [-0.15, -0.1) is 0 Å². The molecule has 2 aliphatic rings. The van der Waals surface area contributed by atoms with Gasteiger partial charge in [-0.25, -0.2) is 0 Å². The van der Waals surface area contributed by atoms with E-state index in [1.54, 1.807) is 4.90 Å². The number of carbonyl (C=O) groups excluding carboxylic acids is 1. The third-order valence-corrected chi connectivity index (χ3v) is 3.23. The molecule has 2 atom stereocenters. The smallest absolute Gasteiger partial charge is 0.224 e. The summed E-state index contributed by atoms with van der Waals surface area (Å²) in [7, 11) is 0. The number of likely N-dealkylation sites (tertiary alicyclic amines) is 1. The van der Waals surface area contributed by atoms with Crippen LogP contribution in [0.15, 0.2) is 0 Å². The lowest BCUT2D eigenvalue weighted by molar-refractivity contribution is -0.151. The second kappa shape index (κ2) is 4.92. The summed E-state index contributed by atoms with van der Waals surface area (Å²) in [4.78, 5) is 13.3. The van der Waals surface area contributed by atoms with Crippen molar-refractivity contribution in [2.75, 3.05) is 19.9 Å². The van der Waals surface area contributed by atoms with Crippen molar-refractivity contribution in [2.45, 2.75) is 51.5 Å². The summed E-state index contributed by atoms with van der Waals surface area (Å²) in [5.41, 5.74) is 0. The van der Waals surface area contributed by atoms with Crippen LogP contribution in [0.5, 0.6) is 0 Å². The summed E-state index contributed by atoms with van der Waals surface area (Å²) in [6.07, 6.45) is 1.54. The lowest BCUT2D eigenvalue weighted by Crippen LogP contribution is -2.35. The fourth-order valence-corrected chi connectivity index (χ4v) is 2.20. The predicted octanol–water partition coefficient (Wildman–Crippen LogP) is 1.12. The first kappa shape index (κ1) is 12.8. The van der Waals surface area contributed by atoms with Crippen LogP contribution in [-0.4, -0.2) is 48.7 Å². The van der Waals surface area contributed by atoms with Gasteiger partial charge < -0.3 is 19.1 Å². The van der Waals surface area contributed by atoms with Gasteiger partial charge in [0.05, 0.1) is 13.2 Å². The minimum atomic E-state index is -0.509. The Bertz CT molecular complexity index is 292. The minimum Gasteiger partial charge on any atom is -0.358 e. The fraction of sp³-hybridized carbons (Fsp3) is 0.917. The van der Waals surface area contributed by atoms with E-state index in [1.165, 1.54) is 0 Å². The molecule has 2 heterocycles. The number of ether oxygens (including phenoxy) is 3. The van der Waals surface area contributed by atoms with E-state index < -0.39 is 5.79 Å². The molecule has 0 radical (unpaired) electrons. The van der Waals surface area contributed by atoms with Crippen molar-refractivity contribution in [1.82, 2.24) is 4.90 Å². The molecule has 0 saturated carbocycles. The molecule has 1 amide bonds. The minimum absolute atomic E-state index is 0.0296. The molecule has 2 rings (SSSR count). The fourth-order valence-electron chi connectivity index (χ4n) is 2.20. The van der Waals surface area contributed by atoms with Crippen LogP contribution in [0.4, 0.5) is 0 Å². The van der Waals surface area contributed by atoms with E-state index >= 15 is 0 Å². The number of hydrogen-bond acceptors (Lipinski definition) is 4. The molecule has 0 bridgehead atoms. The first-order valence-corrected chi connectivity index (χ1v) is 6.17. The first-order valence-electron chi connectivity index (χ1n) is 6.17. The highest BCUT2D eigenvalue weighted by Gasteiger charge is 2.33. The van der Waals surface area contributed by atoms with Crippen LogP contribution in [0.2, 0.25) is 0 Å². The van der Waals surface area contributed by atoms with Crippen LogP contribution in [-0.2, 0) is 19.0 Å². The Labute approximate surface area is 102 Å². The molecule has 0 aromatic rings. The van der Waals surface area contributed by atoms with Gasteiger partial charge in [0.1, 0.15) is 12.8 Å². The molecular weight excluding hydrogens is 222 g/mol. The highest BCUT2D eigenvalue weighted by molar-refractivity contribution is 5.78. The molecule has 17 heavy (non-hydrogen) atoms. The normalized spacial score (nSPS) is 32.4. The van der Waals surface area contributed by atoms with E-state index in [1.807, 2.05) is 20.8 Å². The Morgan fingerprint density at radius 2 is 2.29 bits per heavy atom. The number of nitrogens with zero attached hydrogens (tertiary/aromatic N) is 1. The molecule has 0 aromatic carbocycles. The summed E-state index contributed by atoms with van der Waals surface area (Å²) >= 11 is 0. The Hall–Kier alpha value is -0.650. The standard InChI is InChI=1S/C12H21NO4/c1-9-4-5-11(14)13(9)8-15-6-10-7-16-12(2,3)17-10/h9-10H,4-8H2,1-3H3/t9-,10?/m1/s1. The topological polar surface area (TPSA) is 48.0 Å². The van der Waals surface area contributed by atoms with Crippen LogP contribution in [0.25, 0.3) is 0 Å². The molecule has 5 heteroatoms. The van der Waals surface area contributed by atoms with Crippen molar-refractivity contribution in [3.8, 4) is 0 Å². The molecule has 98 valence electrons. The van der Waals surface area contributed by atoms with Crippen LogP contribution in [0, 0.1) is 0 Å². The molecule has 2 fully saturated rings.